The second-order valence-electron chi connectivity index (χ2n) is 6.96. The molecule has 2 atom stereocenters. The summed E-state index contributed by atoms with van der Waals surface area (Å²) in [6, 6.07) is 17.4. The molecule has 5 rings (SSSR count). The van der Waals surface area contributed by atoms with Crippen molar-refractivity contribution in [1.29, 1.82) is 0 Å². The van der Waals surface area contributed by atoms with E-state index >= 15 is 0 Å². The SMILES string of the molecule is CN1Cc2c3n(c4ccc(Cl)cc24)CC(c2ccccc2)C3C1. The first-order chi connectivity index (χ1) is 11.2. The Balaban J connectivity index is 1.73. The van der Waals surface area contributed by atoms with Crippen LogP contribution in [0.1, 0.15) is 28.7 Å². The molecule has 3 heteroatoms. The van der Waals surface area contributed by atoms with Gasteiger partial charge in [0.1, 0.15) is 0 Å². The Morgan fingerprint density at radius 3 is 2.65 bits per heavy atom. The number of aromatic nitrogens is 1. The summed E-state index contributed by atoms with van der Waals surface area (Å²) in [5, 5.41) is 2.18. The van der Waals surface area contributed by atoms with Gasteiger partial charge in [-0.15, -0.1) is 0 Å². The smallest absolute Gasteiger partial charge is 0.0487 e. The van der Waals surface area contributed by atoms with Crippen LogP contribution in [0.4, 0.5) is 0 Å². The van der Waals surface area contributed by atoms with Gasteiger partial charge in [0.2, 0.25) is 0 Å². The van der Waals surface area contributed by atoms with Crippen LogP contribution in [0.3, 0.4) is 0 Å². The van der Waals surface area contributed by atoms with Crippen molar-refractivity contribution < 1.29 is 0 Å². The number of hydrogen-bond donors (Lipinski definition) is 0. The Hall–Kier alpha value is -1.77. The molecule has 0 radical (unpaired) electrons. The summed E-state index contributed by atoms with van der Waals surface area (Å²) in [6.45, 7) is 3.24. The number of benzene rings is 2. The van der Waals surface area contributed by atoms with Crippen molar-refractivity contribution in [3.05, 3.63) is 70.4 Å². The van der Waals surface area contributed by atoms with Crippen molar-refractivity contribution >= 4 is 22.5 Å². The molecule has 0 amide bonds. The maximum Gasteiger partial charge on any atom is 0.0487 e. The number of hydrogen-bond acceptors (Lipinski definition) is 1. The summed E-state index contributed by atoms with van der Waals surface area (Å²) in [4.78, 5) is 2.46. The van der Waals surface area contributed by atoms with Crippen molar-refractivity contribution in [2.45, 2.75) is 24.9 Å². The molecule has 3 aromatic rings. The van der Waals surface area contributed by atoms with Crippen LogP contribution in [0.25, 0.3) is 10.9 Å². The van der Waals surface area contributed by atoms with Gasteiger partial charge in [-0.1, -0.05) is 41.9 Å². The second kappa shape index (κ2) is 4.86. The van der Waals surface area contributed by atoms with Gasteiger partial charge in [-0.2, -0.15) is 0 Å². The van der Waals surface area contributed by atoms with Gasteiger partial charge in [0.05, 0.1) is 0 Å². The molecule has 23 heavy (non-hydrogen) atoms. The minimum Gasteiger partial charge on any atom is -0.343 e. The lowest BCUT2D eigenvalue weighted by molar-refractivity contribution is 0.273. The summed E-state index contributed by atoms with van der Waals surface area (Å²) in [6.07, 6.45) is 0. The molecule has 0 bridgehead atoms. The van der Waals surface area contributed by atoms with Crippen molar-refractivity contribution in [3.8, 4) is 0 Å². The third kappa shape index (κ3) is 1.92. The molecule has 2 unspecified atom stereocenters. The summed E-state index contributed by atoms with van der Waals surface area (Å²) in [5.41, 5.74) is 5.84. The third-order valence-electron chi connectivity index (χ3n) is 5.55. The van der Waals surface area contributed by atoms with Gasteiger partial charge in [-0.3, -0.25) is 0 Å². The first-order valence-corrected chi connectivity index (χ1v) is 8.64. The highest BCUT2D eigenvalue weighted by Gasteiger charge is 2.40. The highest BCUT2D eigenvalue weighted by Crippen LogP contribution is 2.49. The monoisotopic (exact) mass is 322 g/mol. The summed E-state index contributed by atoms with van der Waals surface area (Å²) in [7, 11) is 2.23. The van der Waals surface area contributed by atoms with E-state index in [1.54, 1.807) is 5.69 Å². The van der Waals surface area contributed by atoms with Gasteiger partial charge in [0.25, 0.3) is 0 Å². The first-order valence-electron chi connectivity index (χ1n) is 8.26. The fourth-order valence-electron chi connectivity index (χ4n) is 4.64. The van der Waals surface area contributed by atoms with Gasteiger partial charge in [0, 0.05) is 53.1 Å². The van der Waals surface area contributed by atoms with Gasteiger partial charge < -0.3 is 9.47 Å². The van der Waals surface area contributed by atoms with Crippen LogP contribution in [-0.2, 0) is 13.1 Å². The van der Waals surface area contributed by atoms with Crippen LogP contribution in [0.2, 0.25) is 5.02 Å². The average molecular weight is 323 g/mol. The minimum absolute atomic E-state index is 0.577. The molecule has 2 aromatic carbocycles. The molecule has 2 aliphatic heterocycles. The summed E-state index contributed by atoms with van der Waals surface area (Å²) in [5.74, 6) is 1.16. The van der Waals surface area contributed by atoms with Crippen molar-refractivity contribution in [2.24, 2.45) is 0 Å². The van der Waals surface area contributed by atoms with E-state index in [9.17, 15) is 0 Å². The molecule has 3 heterocycles. The molecule has 2 nitrogen and oxygen atoms in total. The van der Waals surface area contributed by atoms with Gasteiger partial charge >= 0.3 is 0 Å². The number of rotatable bonds is 1. The summed E-state index contributed by atoms with van der Waals surface area (Å²) >= 11 is 6.26. The quantitative estimate of drug-likeness (QED) is 0.634. The molecule has 0 saturated carbocycles. The second-order valence-corrected chi connectivity index (χ2v) is 7.39. The van der Waals surface area contributed by atoms with Crippen LogP contribution in [0.15, 0.2) is 48.5 Å². The maximum atomic E-state index is 6.26. The lowest BCUT2D eigenvalue weighted by Crippen LogP contribution is -2.31. The topological polar surface area (TPSA) is 8.17 Å². The minimum atomic E-state index is 0.577. The predicted molar refractivity (Wildman–Crippen MR) is 95.2 cm³/mol. The van der Waals surface area contributed by atoms with Crippen LogP contribution < -0.4 is 0 Å². The van der Waals surface area contributed by atoms with Crippen molar-refractivity contribution in [1.82, 2.24) is 9.47 Å². The van der Waals surface area contributed by atoms with Crippen molar-refractivity contribution in [2.75, 3.05) is 13.6 Å². The fourth-order valence-corrected chi connectivity index (χ4v) is 4.81. The van der Waals surface area contributed by atoms with Gasteiger partial charge in [-0.25, -0.2) is 0 Å². The molecule has 0 fully saturated rings. The van der Waals surface area contributed by atoms with E-state index in [-0.39, 0.29) is 0 Å². The first kappa shape index (κ1) is 13.6. The number of nitrogens with zero attached hydrogens (tertiary/aromatic N) is 2. The van der Waals surface area contributed by atoms with E-state index in [1.807, 2.05) is 6.07 Å². The molecule has 1 aromatic heterocycles. The van der Waals surface area contributed by atoms with Crippen LogP contribution in [0, 0.1) is 0 Å². The van der Waals surface area contributed by atoms with Crippen molar-refractivity contribution in [3.63, 3.8) is 0 Å². The zero-order valence-corrected chi connectivity index (χ0v) is 13.9. The third-order valence-corrected chi connectivity index (χ3v) is 5.79. The number of likely N-dealkylation sites (N-methyl/N-ethyl adjacent to an activating group) is 1. The number of fused-ring (bicyclic) bond motifs is 3. The maximum absolute atomic E-state index is 6.26. The standard InChI is InChI=1S/C20H19ClN2/c1-22-10-17-15-9-14(21)7-8-19(15)23-12-16(18(11-22)20(17)23)13-5-3-2-4-6-13/h2-9,16,18H,10-12H2,1H3. The molecule has 0 saturated heterocycles. The van der Waals surface area contributed by atoms with E-state index in [2.05, 4.69) is 59.0 Å². The summed E-state index contributed by atoms with van der Waals surface area (Å²) < 4.78 is 2.55. The van der Waals surface area contributed by atoms with Gasteiger partial charge in [0.15, 0.2) is 0 Å². The molecule has 2 aliphatic rings. The largest absolute Gasteiger partial charge is 0.343 e. The molecule has 0 N–H and O–H groups in total. The zero-order chi connectivity index (χ0) is 15.6. The molecular formula is C20H19ClN2. The Labute approximate surface area is 141 Å². The van der Waals surface area contributed by atoms with E-state index < -0.39 is 0 Å². The lowest BCUT2D eigenvalue weighted by Gasteiger charge is -2.31. The normalized spacial score (nSPS) is 23.4. The highest BCUT2D eigenvalue weighted by atomic mass is 35.5. The van der Waals surface area contributed by atoms with E-state index in [1.165, 1.54) is 22.0 Å². The van der Waals surface area contributed by atoms with Crippen LogP contribution >= 0.6 is 11.6 Å². The molecular weight excluding hydrogens is 304 g/mol. The lowest BCUT2D eigenvalue weighted by atomic mass is 9.83. The van der Waals surface area contributed by atoms with E-state index in [4.69, 9.17) is 11.6 Å². The zero-order valence-electron chi connectivity index (χ0n) is 13.2. The molecule has 0 spiro atoms. The Bertz CT molecular complexity index is 897. The fraction of sp³-hybridized carbons (Fsp3) is 0.300. The highest BCUT2D eigenvalue weighted by molar-refractivity contribution is 6.31. The average Bonchev–Trinajstić information content (AvgIpc) is 3.07. The van der Waals surface area contributed by atoms with Crippen LogP contribution in [0.5, 0.6) is 0 Å². The Morgan fingerprint density at radius 2 is 1.83 bits per heavy atom. The molecule has 0 aliphatic carbocycles. The van der Waals surface area contributed by atoms with Crippen LogP contribution in [-0.4, -0.2) is 23.1 Å². The number of halogens is 1. The van der Waals surface area contributed by atoms with Gasteiger partial charge in [-0.05, 0) is 36.4 Å². The molecule has 116 valence electrons. The Morgan fingerprint density at radius 1 is 1.00 bits per heavy atom. The van der Waals surface area contributed by atoms with E-state index in [0.717, 1.165) is 24.7 Å². The predicted octanol–water partition coefficient (Wildman–Crippen LogP) is 4.62. The Kier molecular flexibility index (Phi) is 2.88. The van der Waals surface area contributed by atoms with E-state index in [0.29, 0.717) is 11.8 Å².